The summed E-state index contributed by atoms with van der Waals surface area (Å²) < 4.78 is 1.03. The Morgan fingerprint density at radius 2 is 2.13 bits per heavy atom. The molecule has 0 aliphatic carbocycles. The minimum absolute atomic E-state index is 0.121. The number of halogens is 1. The molecular formula is C10H12BrNO2S. The van der Waals surface area contributed by atoms with E-state index in [-0.39, 0.29) is 5.91 Å². The molecule has 3 nitrogen and oxygen atoms in total. The van der Waals surface area contributed by atoms with Gasteiger partial charge in [0.2, 0.25) is 0 Å². The molecule has 0 unspecified atom stereocenters. The second kappa shape index (κ2) is 6.87. The number of hydrogen-bond donors (Lipinski definition) is 1. The van der Waals surface area contributed by atoms with Crippen molar-refractivity contribution in [3.8, 4) is 0 Å². The lowest BCUT2D eigenvalue weighted by Crippen LogP contribution is -2.25. The van der Waals surface area contributed by atoms with E-state index < -0.39 is 0 Å². The van der Waals surface area contributed by atoms with E-state index in [0.29, 0.717) is 12.4 Å². The number of hydrogen-bond acceptors (Lipinski definition) is 3. The van der Waals surface area contributed by atoms with E-state index >= 15 is 0 Å². The first-order valence-electron chi connectivity index (χ1n) is 4.51. The molecule has 0 atom stereocenters. The third-order valence-electron chi connectivity index (χ3n) is 1.51. The molecule has 1 amide bonds. The smallest absolute Gasteiger partial charge is 0.253 e. The van der Waals surface area contributed by atoms with Gasteiger partial charge in [0, 0.05) is 9.37 Å². The van der Waals surface area contributed by atoms with Crippen LogP contribution in [0.3, 0.4) is 0 Å². The van der Waals surface area contributed by atoms with E-state index in [1.807, 2.05) is 31.2 Å². The molecule has 0 aromatic heterocycles. The van der Waals surface area contributed by atoms with Gasteiger partial charge in [0.25, 0.3) is 5.91 Å². The van der Waals surface area contributed by atoms with Gasteiger partial charge in [0.05, 0.1) is 12.4 Å². The van der Waals surface area contributed by atoms with Crippen molar-refractivity contribution >= 4 is 33.6 Å². The summed E-state index contributed by atoms with van der Waals surface area (Å²) >= 11 is 4.83. The summed E-state index contributed by atoms with van der Waals surface area (Å²) in [6.45, 7) is 2.30. The SMILES string of the molecule is CCONC(=O)CSc1ccc(Br)cc1. The molecule has 82 valence electrons. The molecule has 0 aliphatic heterocycles. The molecule has 0 spiro atoms. The second-order valence-electron chi connectivity index (χ2n) is 2.70. The molecule has 1 aromatic rings. The van der Waals surface area contributed by atoms with Crippen LogP contribution in [-0.4, -0.2) is 18.3 Å². The van der Waals surface area contributed by atoms with Crippen LogP contribution in [0.5, 0.6) is 0 Å². The summed E-state index contributed by atoms with van der Waals surface area (Å²) in [5.41, 5.74) is 2.34. The first kappa shape index (κ1) is 12.5. The third-order valence-corrected chi connectivity index (χ3v) is 3.05. The van der Waals surface area contributed by atoms with Crippen LogP contribution in [0.25, 0.3) is 0 Å². The van der Waals surface area contributed by atoms with Crippen molar-refractivity contribution in [1.82, 2.24) is 5.48 Å². The van der Waals surface area contributed by atoms with E-state index in [1.165, 1.54) is 11.8 Å². The first-order valence-corrected chi connectivity index (χ1v) is 6.29. The van der Waals surface area contributed by atoms with Crippen LogP contribution in [-0.2, 0) is 9.63 Å². The number of amides is 1. The Morgan fingerprint density at radius 1 is 1.47 bits per heavy atom. The maximum Gasteiger partial charge on any atom is 0.253 e. The highest BCUT2D eigenvalue weighted by atomic mass is 79.9. The number of thioether (sulfide) groups is 1. The van der Waals surface area contributed by atoms with Gasteiger partial charge in [-0.25, -0.2) is 5.48 Å². The van der Waals surface area contributed by atoms with Gasteiger partial charge < -0.3 is 0 Å². The Bertz CT molecular complexity index is 316. The van der Waals surface area contributed by atoms with E-state index in [4.69, 9.17) is 4.84 Å². The van der Waals surface area contributed by atoms with Gasteiger partial charge in [0.1, 0.15) is 0 Å². The molecule has 0 bridgehead atoms. The number of carbonyl (C=O) groups excluding carboxylic acids is 1. The highest BCUT2D eigenvalue weighted by Crippen LogP contribution is 2.20. The summed E-state index contributed by atoms with van der Waals surface area (Å²) in [7, 11) is 0. The highest BCUT2D eigenvalue weighted by molar-refractivity contribution is 9.10. The Morgan fingerprint density at radius 3 is 2.73 bits per heavy atom. The van der Waals surface area contributed by atoms with Crippen LogP contribution in [0.1, 0.15) is 6.92 Å². The van der Waals surface area contributed by atoms with Crippen LogP contribution in [0.15, 0.2) is 33.6 Å². The van der Waals surface area contributed by atoms with Crippen LogP contribution < -0.4 is 5.48 Å². The molecule has 0 aliphatic rings. The summed E-state index contributed by atoms with van der Waals surface area (Å²) in [6.07, 6.45) is 0. The number of nitrogens with one attached hydrogen (secondary N) is 1. The molecule has 1 aromatic carbocycles. The molecule has 0 fully saturated rings. The zero-order valence-corrected chi connectivity index (χ0v) is 10.7. The van der Waals surface area contributed by atoms with E-state index in [1.54, 1.807) is 0 Å². The molecular weight excluding hydrogens is 278 g/mol. The first-order chi connectivity index (χ1) is 7.22. The van der Waals surface area contributed by atoms with Gasteiger partial charge in [-0.05, 0) is 31.2 Å². The lowest BCUT2D eigenvalue weighted by Gasteiger charge is -2.03. The largest absolute Gasteiger partial charge is 0.274 e. The van der Waals surface area contributed by atoms with Gasteiger partial charge in [-0.3, -0.25) is 9.63 Å². The lowest BCUT2D eigenvalue weighted by atomic mass is 10.4. The summed E-state index contributed by atoms with van der Waals surface area (Å²) in [5.74, 6) is 0.242. The molecule has 1 N–H and O–H groups in total. The molecule has 5 heteroatoms. The van der Waals surface area contributed by atoms with Crippen LogP contribution >= 0.6 is 27.7 Å². The van der Waals surface area contributed by atoms with Crippen molar-refractivity contribution in [1.29, 1.82) is 0 Å². The molecule has 0 saturated heterocycles. The Balaban J connectivity index is 2.30. The minimum Gasteiger partial charge on any atom is -0.274 e. The summed E-state index contributed by atoms with van der Waals surface area (Å²) in [6, 6.07) is 7.82. The Kier molecular flexibility index (Phi) is 5.75. The Hall–Kier alpha value is -0.520. The maximum absolute atomic E-state index is 11.2. The highest BCUT2D eigenvalue weighted by Gasteiger charge is 2.01. The summed E-state index contributed by atoms with van der Waals surface area (Å²) in [4.78, 5) is 17.0. The quantitative estimate of drug-likeness (QED) is 0.669. The average Bonchev–Trinajstić information content (AvgIpc) is 2.25. The van der Waals surface area contributed by atoms with Crippen molar-refractivity contribution < 1.29 is 9.63 Å². The minimum atomic E-state index is -0.121. The van der Waals surface area contributed by atoms with E-state index in [2.05, 4.69) is 21.4 Å². The van der Waals surface area contributed by atoms with Gasteiger partial charge >= 0.3 is 0 Å². The predicted octanol–water partition coefficient (Wildman–Crippen LogP) is 2.61. The molecule has 0 radical (unpaired) electrons. The van der Waals surface area contributed by atoms with Crippen molar-refractivity contribution in [2.75, 3.05) is 12.4 Å². The molecule has 1 rings (SSSR count). The predicted molar refractivity (Wildman–Crippen MR) is 64.6 cm³/mol. The number of hydroxylamine groups is 1. The topological polar surface area (TPSA) is 38.3 Å². The second-order valence-corrected chi connectivity index (χ2v) is 4.67. The van der Waals surface area contributed by atoms with E-state index in [0.717, 1.165) is 9.37 Å². The van der Waals surface area contributed by atoms with Gasteiger partial charge in [-0.15, -0.1) is 11.8 Å². The van der Waals surface area contributed by atoms with Crippen molar-refractivity contribution in [2.45, 2.75) is 11.8 Å². The van der Waals surface area contributed by atoms with Crippen molar-refractivity contribution in [2.24, 2.45) is 0 Å². The zero-order chi connectivity index (χ0) is 11.1. The third kappa shape index (κ3) is 5.20. The average molecular weight is 290 g/mol. The molecule has 0 heterocycles. The fourth-order valence-electron chi connectivity index (χ4n) is 0.862. The van der Waals surface area contributed by atoms with Crippen LogP contribution in [0.4, 0.5) is 0 Å². The molecule has 15 heavy (non-hydrogen) atoms. The van der Waals surface area contributed by atoms with Gasteiger partial charge in [-0.1, -0.05) is 15.9 Å². The van der Waals surface area contributed by atoms with Crippen molar-refractivity contribution in [3.05, 3.63) is 28.7 Å². The van der Waals surface area contributed by atoms with Gasteiger partial charge in [-0.2, -0.15) is 0 Å². The summed E-state index contributed by atoms with van der Waals surface area (Å²) in [5, 5.41) is 0. The zero-order valence-electron chi connectivity index (χ0n) is 8.33. The van der Waals surface area contributed by atoms with Gasteiger partial charge in [0.15, 0.2) is 0 Å². The maximum atomic E-state index is 11.2. The van der Waals surface area contributed by atoms with Crippen LogP contribution in [0.2, 0.25) is 0 Å². The normalized spacial score (nSPS) is 10.0. The standard InChI is InChI=1S/C10H12BrNO2S/c1-2-14-12-10(13)7-15-9-5-3-8(11)4-6-9/h3-6H,2,7H2,1H3,(H,12,13). The van der Waals surface area contributed by atoms with Crippen LogP contribution in [0, 0.1) is 0 Å². The number of benzene rings is 1. The Labute approximate surface area is 102 Å². The fourth-order valence-corrected chi connectivity index (χ4v) is 1.81. The molecule has 0 saturated carbocycles. The monoisotopic (exact) mass is 289 g/mol. The lowest BCUT2D eigenvalue weighted by molar-refractivity contribution is -0.130. The van der Waals surface area contributed by atoms with E-state index in [9.17, 15) is 4.79 Å². The number of rotatable bonds is 5. The fraction of sp³-hybridized carbons (Fsp3) is 0.300. The number of carbonyl (C=O) groups is 1. The van der Waals surface area contributed by atoms with Crippen molar-refractivity contribution in [3.63, 3.8) is 0 Å².